The van der Waals surface area contributed by atoms with Gasteiger partial charge in [-0.3, -0.25) is 4.99 Å². The maximum absolute atomic E-state index is 13.4. The summed E-state index contributed by atoms with van der Waals surface area (Å²) >= 11 is 1.71. The van der Waals surface area contributed by atoms with Crippen LogP contribution < -0.4 is 5.32 Å². The Bertz CT molecular complexity index is 471. The highest BCUT2D eigenvalue weighted by Gasteiger charge is 2.27. The smallest absolute Gasteiger partial charge is 0.161 e. The van der Waals surface area contributed by atoms with Crippen LogP contribution in [0, 0.1) is 18.2 Å². The molecule has 0 aromatic heterocycles. The van der Waals surface area contributed by atoms with Crippen LogP contribution in [0.4, 0.5) is 10.1 Å². The van der Waals surface area contributed by atoms with E-state index in [1.165, 1.54) is 12.1 Å². The number of amidine groups is 1. The highest BCUT2D eigenvalue weighted by atomic mass is 32.2. The molecule has 4 heteroatoms. The maximum atomic E-state index is 13.4. The average molecular weight is 280 g/mol. The van der Waals surface area contributed by atoms with Crippen LogP contribution in [-0.4, -0.2) is 17.0 Å². The standard InChI is InChI=1S/C15H21FN2S/c1-10-7-11(16)9-12(8-10)17-14-18-13(5-6-19-14)15(2,3)4/h7-9,13H,5-6H2,1-4H3,(H,17,18). The van der Waals surface area contributed by atoms with Gasteiger partial charge in [0.25, 0.3) is 0 Å². The second kappa shape index (κ2) is 5.53. The van der Waals surface area contributed by atoms with E-state index in [1.54, 1.807) is 11.8 Å². The minimum absolute atomic E-state index is 0.172. The SMILES string of the molecule is Cc1cc(F)cc(NC2=NC(C(C)(C)C)CCS2)c1. The zero-order valence-electron chi connectivity index (χ0n) is 12.0. The Morgan fingerprint density at radius 3 is 2.68 bits per heavy atom. The van der Waals surface area contributed by atoms with Crippen molar-refractivity contribution in [3.63, 3.8) is 0 Å². The molecule has 104 valence electrons. The third kappa shape index (κ3) is 3.96. The Kier molecular flexibility index (Phi) is 4.19. The van der Waals surface area contributed by atoms with Crippen LogP contribution in [0.2, 0.25) is 0 Å². The molecule has 2 rings (SSSR count). The first-order chi connectivity index (χ1) is 8.84. The van der Waals surface area contributed by atoms with E-state index in [-0.39, 0.29) is 11.2 Å². The lowest BCUT2D eigenvalue weighted by Gasteiger charge is -2.31. The normalized spacial score (nSPS) is 20.1. The van der Waals surface area contributed by atoms with Gasteiger partial charge in [0.05, 0.1) is 6.04 Å². The number of thioether (sulfide) groups is 1. The molecule has 1 heterocycles. The van der Waals surface area contributed by atoms with E-state index in [0.717, 1.165) is 28.6 Å². The molecule has 0 spiro atoms. The third-order valence-electron chi connectivity index (χ3n) is 3.20. The van der Waals surface area contributed by atoms with Crippen LogP contribution in [0.5, 0.6) is 0 Å². The first-order valence-corrected chi connectivity index (χ1v) is 7.58. The van der Waals surface area contributed by atoms with Crippen molar-refractivity contribution < 1.29 is 4.39 Å². The van der Waals surface area contributed by atoms with Crippen LogP contribution >= 0.6 is 11.8 Å². The number of aryl methyl sites for hydroxylation is 1. The van der Waals surface area contributed by atoms with Crippen LogP contribution in [0.25, 0.3) is 0 Å². The number of hydrogen-bond donors (Lipinski definition) is 1. The molecule has 0 saturated heterocycles. The fraction of sp³-hybridized carbons (Fsp3) is 0.533. The number of aliphatic imine (C=N–C) groups is 1. The van der Waals surface area contributed by atoms with Gasteiger partial charge in [0.1, 0.15) is 5.82 Å². The first kappa shape index (κ1) is 14.4. The van der Waals surface area contributed by atoms with E-state index in [4.69, 9.17) is 4.99 Å². The molecule has 1 N–H and O–H groups in total. The predicted octanol–water partition coefficient (Wildman–Crippen LogP) is 4.45. The Hall–Kier alpha value is -1.03. The minimum Gasteiger partial charge on any atom is -0.335 e. The molecule has 0 radical (unpaired) electrons. The summed E-state index contributed by atoms with van der Waals surface area (Å²) < 4.78 is 13.4. The predicted molar refractivity (Wildman–Crippen MR) is 82.5 cm³/mol. The van der Waals surface area contributed by atoms with Crippen molar-refractivity contribution in [3.05, 3.63) is 29.6 Å². The highest BCUT2D eigenvalue weighted by Crippen LogP contribution is 2.31. The number of hydrogen-bond acceptors (Lipinski definition) is 3. The van der Waals surface area contributed by atoms with Crippen molar-refractivity contribution >= 4 is 22.6 Å². The molecule has 19 heavy (non-hydrogen) atoms. The lowest BCUT2D eigenvalue weighted by atomic mass is 9.85. The largest absolute Gasteiger partial charge is 0.335 e. The summed E-state index contributed by atoms with van der Waals surface area (Å²) in [4.78, 5) is 4.75. The van der Waals surface area contributed by atoms with Crippen molar-refractivity contribution in [3.8, 4) is 0 Å². The molecule has 1 aliphatic rings. The third-order valence-corrected chi connectivity index (χ3v) is 4.12. The Morgan fingerprint density at radius 2 is 2.05 bits per heavy atom. The van der Waals surface area contributed by atoms with Gasteiger partial charge in [0.2, 0.25) is 0 Å². The number of nitrogens with zero attached hydrogens (tertiary/aromatic N) is 1. The summed E-state index contributed by atoms with van der Waals surface area (Å²) in [7, 11) is 0. The van der Waals surface area contributed by atoms with Gasteiger partial charge in [-0.1, -0.05) is 32.5 Å². The van der Waals surface area contributed by atoms with Crippen molar-refractivity contribution in [1.82, 2.24) is 0 Å². The molecule has 1 unspecified atom stereocenters. The van der Waals surface area contributed by atoms with Crippen molar-refractivity contribution in [2.45, 2.75) is 40.2 Å². The number of halogens is 1. The summed E-state index contributed by atoms with van der Waals surface area (Å²) in [6, 6.07) is 5.30. The topological polar surface area (TPSA) is 24.4 Å². The lowest BCUT2D eigenvalue weighted by molar-refractivity contribution is 0.316. The first-order valence-electron chi connectivity index (χ1n) is 6.59. The van der Waals surface area contributed by atoms with E-state index in [9.17, 15) is 4.39 Å². The monoisotopic (exact) mass is 280 g/mol. The zero-order chi connectivity index (χ0) is 14.0. The summed E-state index contributed by atoms with van der Waals surface area (Å²) in [5.41, 5.74) is 1.86. The molecule has 2 nitrogen and oxygen atoms in total. The second-order valence-electron chi connectivity index (χ2n) is 6.10. The Labute approximate surface area is 118 Å². The van der Waals surface area contributed by atoms with Gasteiger partial charge < -0.3 is 5.32 Å². The summed E-state index contributed by atoms with van der Waals surface area (Å²) in [6.45, 7) is 8.52. The van der Waals surface area contributed by atoms with E-state index in [1.807, 2.05) is 13.0 Å². The van der Waals surface area contributed by atoms with Gasteiger partial charge in [0, 0.05) is 11.4 Å². The van der Waals surface area contributed by atoms with Crippen molar-refractivity contribution in [2.75, 3.05) is 11.1 Å². The summed E-state index contributed by atoms with van der Waals surface area (Å²) in [5, 5.41) is 4.14. The van der Waals surface area contributed by atoms with Crippen LogP contribution in [0.3, 0.4) is 0 Å². The lowest BCUT2D eigenvalue weighted by Crippen LogP contribution is -2.30. The molecule has 0 bridgehead atoms. The maximum Gasteiger partial charge on any atom is 0.161 e. The molecule has 1 atom stereocenters. The van der Waals surface area contributed by atoms with Gasteiger partial charge >= 0.3 is 0 Å². The average Bonchev–Trinajstić information content (AvgIpc) is 2.26. The van der Waals surface area contributed by atoms with Gasteiger partial charge in [0.15, 0.2) is 5.17 Å². The zero-order valence-corrected chi connectivity index (χ0v) is 12.8. The van der Waals surface area contributed by atoms with E-state index >= 15 is 0 Å². The minimum atomic E-state index is -0.212. The number of anilines is 1. The van der Waals surface area contributed by atoms with Crippen LogP contribution in [0.1, 0.15) is 32.8 Å². The summed E-state index contributed by atoms with van der Waals surface area (Å²) in [6.07, 6.45) is 1.10. The number of rotatable bonds is 1. The van der Waals surface area contributed by atoms with Gasteiger partial charge in [-0.25, -0.2) is 4.39 Å². The number of benzene rings is 1. The quantitative estimate of drug-likeness (QED) is 0.821. The Morgan fingerprint density at radius 1 is 1.32 bits per heavy atom. The van der Waals surface area contributed by atoms with Gasteiger partial charge in [-0.2, -0.15) is 0 Å². The second-order valence-corrected chi connectivity index (χ2v) is 7.18. The van der Waals surface area contributed by atoms with Crippen LogP contribution in [-0.2, 0) is 0 Å². The summed E-state index contributed by atoms with van der Waals surface area (Å²) in [5.74, 6) is 0.846. The number of nitrogens with one attached hydrogen (secondary N) is 1. The van der Waals surface area contributed by atoms with E-state index in [0.29, 0.717) is 6.04 Å². The van der Waals surface area contributed by atoms with Crippen LogP contribution in [0.15, 0.2) is 23.2 Å². The fourth-order valence-corrected chi connectivity index (χ4v) is 3.06. The molecule has 1 aliphatic heterocycles. The molecule has 0 fully saturated rings. The van der Waals surface area contributed by atoms with Gasteiger partial charge in [-0.05, 0) is 42.5 Å². The van der Waals surface area contributed by atoms with E-state index < -0.39 is 0 Å². The molecular formula is C15H21FN2S. The van der Waals surface area contributed by atoms with E-state index in [2.05, 4.69) is 26.1 Å². The fourth-order valence-electron chi connectivity index (χ4n) is 2.14. The van der Waals surface area contributed by atoms with Crippen molar-refractivity contribution in [1.29, 1.82) is 0 Å². The molecule has 1 aromatic carbocycles. The molecule has 0 saturated carbocycles. The highest BCUT2D eigenvalue weighted by molar-refractivity contribution is 8.14. The molecule has 0 amide bonds. The van der Waals surface area contributed by atoms with Crippen molar-refractivity contribution in [2.24, 2.45) is 10.4 Å². The molecular weight excluding hydrogens is 259 g/mol. The molecule has 0 aliphatic carbocycles. The molecule has 1 aromatic rings. The Balaban J connectivity index is 2.16. The van der Waals surface area contributed by atoms with Gasteiger partial charge in [-0.15, -0.1) is 0 Å².